The van der Waals surface area contributed by atoms with E-state index in [4.69, 9.17) is 10.5 Å². The van der Waals surface area contributed by atoms with Gasteiger partial charge in [0.25, 0.3) is 0 Å². The molecule has 0 aliphatic carbocycles. The van der Waals surface area contributed by atoms with Crippen LogP contribution in [0.1, 0.15) is 71.6 Å². The summed E-state index contributed by atoms with van der Waals surface area (Å²) in [5, 5.41) is 0. The summed E-state index contributed by atoms with van der Waals surface area (Å²) in [5.41, 5.74) is 5.39. The first kappa shape index (κ1) is 15.9. The molecule has 0 heterocycles. The molecular formula is C14H31NO. The van der Waals surface area contributed by atoms with Gasteiger partial charge in [-0.15, -0.1) is 0 Å². The third-order valence-electron chi connectivity index (χ3n) is 2.98. The van der Waals surface area contributed by atoms with Crippen molar-refractivity contribution in [3.8, 4) is 0 Å². The van der Waals surface area contributed by atoms with Crippen molar-refractivity contribution in [3.63, 3.8) is 0 Å². The van der Waals surface area contributed by atoms with E-state index in [0.717, 1.165) is 0 Å². The number of ether oxygens (including phenoxy) is 1. The molecule has 0 bridgehead atoms. The highest BCUT2D eigenvalue weighted by Crippen LogP contribution is 2.11. The first-order valence-electron chi connectivity index (χ1n) is 7.13. The molecule has 0 fully saturated rings. The standard InChI is InChI=1S/C14H31NO/c1-3-4-5-6-7-8-9-10-11-14(2)16-13-12-15/h14H,3-13,15H2,1-2H3. The smallest absolute Gasteiger partial charge is 0.0592 e. The zero-order chi connectivity index (χ0) is 12.1. The van der Waals surface area contributed by atoms with Crippen molar-refractivity contribution < 1.29 is 4.74 Å². The quantitative estimate of drug-likeness (QED) is 0.515. The van der Waals surface area contributed by atoms with E-state index in [1.54, 1.807) is 0 Å². The van der Waals surface area contributed by atoms with Crippen LogP contribution in [0.2, 0.25) is 0 Å². The van der Waals surface area contributed by atoms with E-state index in [0.29, 0.717) is 19.3 Å². The Labute approximate surface area is 102 Å². The summed E-state index contributed by atoms with van der Waals surface area (Å²) in [6.45, 7) is 5.76. The molecule has 0 spiro atoms. The molecule has 2 heteroatoms. The highest BCUT2D eigenvalue weighted by Gasteiger charge is 2.00. The van der Waals surface area contributed by atoms with E-state index in [1.807, 2.05) is 0 Å². The number of rotatable bonds is 12. The predicted molar refractivity (Wildman–Crippen MR) is 71.7 cm³/mol. The van der Waals surface area contributed by atoms with Crippen LogP contribution in [0.4, 0.5) is 0 Å². The Morgan fingerprint density at radius 2 is 1.50 bits per heavy atom. The molecule has 2 nitrogen and oxygen atoms in total. The molecule has 0 aromatic heterocycles. The van der Waals surface area contributed by atoms with Gasteiger partial charge in [-0.3, -0.25) is 0 Å². The van der Waals surface area contributed by atoms with Crippen LogP contribution >= 0.6 is 0 Å². The van der Waals surface area contributed by atoms with Crippen LogP contribution in [0.3, 0.4) is 0 Å². The van der Waals surface area contributed by atoms with Gasteiger partial charge >= 0.3 is 0 Å². The molecule has 2 N–H and O–H groups in total. The van der Waals surface area contributed by atoms with Gasteiger partial charge in [-0.1, -0.05) is 58.3 Å². The normalized spacial score (nSPS) is 12.9. The van der Waals surface area contributed by atoms with Crippen LogP contribution in [0, 0.1) is 0 Å². The summed E-state index contributed by atoms with van der Waals surface area (Å²) in [7, 11) is 0. The lowest BCUT2D eigenvalue weighted by Gasteiger charge is -2.11. The molecule has 0 amide bonds. The average molecular weight is 229 g/mol. The van der Waals surface area contributed by atoms with Crippen LogP contribution in [-0.2, 0) is 4.74 Å². The Hall–Kier alpha value is -0.0800. The highest BCUT2D eigenvalue weighted by molar-refractivity contribution is 4.52. The molecule has 1 unspecified atom stereocenters. The van der Waals surface area contributed by atoms with Gasteiger partial charge in [0.05, 0.1) is 12.7 Å². The number of unbranched alkanes of at least 4 members (excludes halogenated alkanes) is 7. The summed E-state index contributed by atoms with van der Waals surface area (Å²) in [6.07, 6.45) is 12.7. The molecule has 0 aromatic rings. The molecule has 16 heavy (non-hydrogen) atoms. The van der Waals surface area contributed by atoms with E-state index in [-0.39, 0.29) is 0 Å². The van der Waals surface area contributed by atoms with Gasteiger partial charge in [0, 0.05) is 6.54 Å². The van der Waals surface area contributed by atoms with Crippen LogP contribution in [0.15, 0.2) is 0 Å². The van der Waals surface area contributed by atoms with Gasteiger partial charge in [-0.25, -0.2) is 0 Å². The Morgan fingerprint density at radius 3 is 2.06 bits per heavy atom. The molecule has 1 atom stereocenters. The van der Waals surface area contributed by atoms with Crippen molar-refractivity contribution in [1.82, 2.24) is 0 Å². The van der Waals surface area contributed by atoms with Crippen LogP contribution < -0.4 is 5.73 Å². The molecule has 98 valence electrons. The maximum atomic E-state index is 5.53. The Balaban J connectivity index is 3.02. The molecule has 0 radical (unpaired) electrons. The van der Waals surface area contributed by atoms with E-state index >= 15 is 0 Å². The first-order valence-corrected chi connectivity index (χ1v) is 7.13. The van der Waals surface area contributed by atoms with E-state index in [2.05, 4.69) is 13.8 Å². The summed E-state index contributed by atoms with van der Waals surface area (Å²) in [4.78, 5) is 0. The van der Waals surface area contributed by atoms with Gasteiger partial charge < -0.3 is 10.5 Å². The second-order valence-electron chi connectivity index (χ2n) is 4.73. The van der Waals surface area contributed by atoms with E-state index in [9.17, 15) is 0 Å². The summed E-state index contributed by atoms with van der Waals surface area (Å²) >= 11 is 0. The maximum Gasteiger partial charge on any atom is 0.0592 e. The van der Waals surface area contributed by atoms with Gasteiger partial charge in [-0.05, 0) is 13.3 Å². The van der Waals surface area contributed by atoms with E-state index < -0.39 is 0 Å². The van der Waals surface area contributed by atoms with E-state index in [1.165, 1.54) is 57.8 Å². The molecular weight excluding hydrogens is 198 g/mol. The lowest BCUT2D eigenvalue weighted by atomic mass is 10.1. The second-order valence-corrected chi connectivity index (χ2v) is 4.73. The minimum Gasteiger partial charge on any atom is -0.377 e. The number of hydrogen-bond donors (Lipinski definition) is 1. The Morgan fingerprint density at radius 1 is 0.938 bits per heavy atom. The van der Waals surface area contributed by atoms with Gasteiger partial charge in [0.15, 0.2) is 0 Å². The van der Waals surface area contributed by atoms with Crippen molar-refractivity contribution in [2.75, 3.05) is 13.2 Å². The SMILES string of the molecule is CCCCCCCCCCC(C)OCCN. The predicted octanol–water partition coefficient (Wildman–Crippen LogP) is 3.88. The summed E-state index contributed by atoms with van der Waals surface area (Å²) in [5.74, 6) is 0. The van der Waals surface area contributed by atoms with Crippen LogP contribution in [-0.4, -0.2) is 19.3 Å². The van der Waals surface area contributed by atoms with Crippen LogP contribution in [0.5, 0.6) is 0 Å². The van der Waals surface area contributed by atoms with Gasteiger partial charge in [0.2, 0.25) is 0 Å². The molecule has 0 rings (SSSR count). The lowest BCUT2D eigenvalue weighted by Crippen LogP contribution is -2.15. The zero-order valence-corrected chi connectivity index (χ0v) is 11.3. The maximum absolute atomic E-state index is 5.53. The van der Waals surface area contributed by atoms with Crippen molar-refractivity contribution in [1.29, 1.82) is 0 Å². The third-order valence-corrected chi connectivity index (χ3v) is 2.98. The number of nitrogens with two attached hydrogens (primary N) is 1. The zero-order valence-electron chi connectivity index (χ0n) is 11.3. The molecule has 0 aliphatic rings. The number of hydrogen-bond acceptors (Lipinski definition) is 2. The Kier molecular flexibility index (Phi) is 12.9. The monoisotopic (exact) mass is 229 g/mol. The van der Waals surface area contributed by atoms with Gasteiger partial charge in [-0.2, -0.15) is 0 Å². The second kappa shape index (κ2) is 13.0. The fraction of sp³-hybridized carbons (Fsp3) is 1.00. The summed E-state index contributed by atoms with van der Waals surface area (Å²) in [6, 6.07) is 0. The average Bonchev–Trinajstić information content (AvgIpc) is 2.30. The fourth-order valence-corrected chi connectivity index (χ4v) is 1.92. The first-order chi connectivity index (χ1) is 7.81. The van der Waals surface area contributed by atoms with Crippen molar-refractivity contribution in [2.45, 2.75) is 77.7 Å². The third kappa shape index (κ3) is 12.0. The summed E-state index contributed by atoms with van der Waals surface area (Å²) < 4.78 is 5.53. The van der Waals surface area contributed by atoms with Crippen LogP contribution in [0.25, 0.3) is 0 Å². The molecule has 0 aromatic carbocycles. The molecule has 0 saturated heterocycles. The molecule has 0 saturated carbocycles. The minimum absolute atomic E-state index is 0.392. The minimum atomic E-state index is 0.392. The fourth-order valence-electron chi connectivity index (χ4n) is 1.92. The lowest BCUT2D eigenvalue weighted by molar-refractivity contribution is 0.0641. The highest BCUT2D eigenvalue weighted by atomic mass is 16.5. The molecule has 0 aliphatic heterocycles. The topological polar surface area (TPSA) is 35.2 Å². The van der Waals surface area contributed by atoms with Crippen molar-refractivity contribution in [2.24, 2.45) is 5.73 Å². The van der Waals surface area contributed by atoms with Crippen molar-refractivity contribution in [3.05, 3.63) is 0 Å². The largest absolute Gasteiger partial charge is 0.377 e. The Bertz CT molecular complexity index is 128. The van der Waals surface area contributed by atoms with Gasteiger partial charge in [0.1, 0.15) is 0 Å². The van der Waals surface area contributed by atoms with Crippen molar-refractivity contribution >= 4 is 0 Å².